The molecule has 2 aromatic rings. The summed E-state index contributed by atoms with van der Waals surface area (Å²) < 4.78 is 18.7. The number of rotatable bonds is 3. The second-order valence-corrected chi connectivity index (χ2v) is 4.10. The SMILES string of the molecule is CCC(C)c1noc(N)c1-c1ccccc1F. The number of benzene rings is 1. The van der Waals surface area contributed by atoms with Gasteiger partial charge in [0, 0.05) is 11.5 Å². The van der Waals surface area contributed by atoms with Gasteiger partial charge in [0.15, 0.2) is 0 Å². The molecule has 1 aromatic carbocycles. The third kappa shape index (κ3) is 2.02. The summed E-state index contributed by atoms with van der Waals surface area (Å²) in [6.45, 7) is 4.06. The van der Waals surface area contributed by atoms with Crippen molar-refractivity contribution < 1.29 is 8.91 Å². The van der Waals surface area contributed by atoms with Crippen molar-refractivity contribution in [2.24, 2.45) is 0 Å². The standard InChI is InChI=1S/C13H15FN2O/c1-3-8(2)12-11(13(15)17-16-12)9-6-4-5-7-10(9)14/h4-8H,3,15H2,1-2H3. The predicted molar refractivity (Wildman–Crippen MR) is 65.0 cm³/mol. The minimum atomic E-state index is -0.313. The summed E-state index contributed by atoms with van der Waals surface area (Å²) >= 11 is 0. The van der Waals surface area contributed by atoms with Crippen LogP contribution in [0.3, 0.4) is 0 Å². The van der Waals surface area contributed by atoms with Gasteiger partial charge in [0.1, 0.15) is 5.82 Å². The van der Waals surface area contributed by atoms with Crippen molar-refractivity contribution >= 4 is 5.88 Å². The van der Waals surface area contributed by atoms with Crippen molar-refractivity contribution in [1.82, 2.24) is 5.16 Å². The summed E-state index contributed by atoms with van der Waals surface area (Å²) in [5.41, 5.74) is 7.48. The zero-order chi connectivity index (χ0) is 12.4. The lowest BCUT2D eigenvalue weighted by atomic mass is 9.96. The van der Waals surface area contributed by atoms with Crippen molar-refractivity contribution in [2.75, 3.05) is 5.73 Å². The number of anilines is 1. The maximum Gasteiger partial charge on any atom is 0.230 e. The molecule has 1 aromatic heterocycles. The minimum absolute atomic E-state index is 0.172. The van der Waals surface area contributed by atoms with Crippen molar-refractivity contribution in [3.63, 3.8) is 0 Å². The molecule has 0 amide bonds. The number of hydrogen-bond donors (Lipinski definition) is 1. The van der Waals surface area contributed by atoms with Crippen LogP contribution in [-0.2, 0) is 0 Å². The van der Waals surface area contributed by atoms with Gasteiger partial charge in [0.25, 0.3) is 0 Å². The number of nitrogens with two attached hydrogens (primary N) is 1. The summed E-state index contributed by atoms with van der Waals surface area (Å²) in [6, 6.07) is 6.50. The van der Waals surface area contributed by atoms with Crippen LogP contribution >= 0.6 is 0 Å². The van der Waals surface area contributed by atoms with E-state index < -0.39 is 0 Å². The first kappa shape index (κ1) is 11.6. The number of halogens is 1. The van der Waals surface area contributed by atoms with Gasteiger partial charge in [-0.2, -0.15) is 0 Å². The number of nitrogen functional groups attached to an aromatic ring is 1. The Kier molecular flexibility index (Phi) is 3.13. The molecule has 2 rings (SSSR count). The molecule has 0 bridgehead atoms. The maximum absolute atomic E-state index is 13.8. The fourth-order valence-corrected chi connectivity index (χ4v) is 1.78. The molecule has 0 saturated carbocycles. The summed E-state index contributed by atoms with van der Waals surface area (Å²) in [5.74, 6) is 0.0445. The van der Waals surface area contributed by atoms with Gasteiger partial charge >= 0.3 is 0 Å². The normalized spacial score (nSPS) is 12.6. The van der Waals surface area contributed by atoms with E-state index in [4.69, 9.17) is 10.3 Å². The van der Waals surface area contributed by atoms with E-state index in [1.165, 1.54) is 6.07 Å². The van der Waals surface area contributed by atoms with E-state index in [-0.39, 0.29) is 17.6 Å². The zero-order valence-corrected chi connectivity index (χ0v) is 9.90. The lowest BCUT2D eigenvalue weighted by Gasteiger charge is -2.08. The van der Waals surface area contributed by atoms with Gasteiger partial charge in [-0.05, 0) is 12.5 Å². The van der Waals surface area contributed by atoms with Gasteiger partial charge < -0.3 is 10.3 Å². The van der Waals surface area contributed by atoms with Crippen LogP contribution in [0.2, 0.25) is 0 Å². The Morgan fingerprint density at radius 2 is 2.12 bits per heavy atom. The van der Waals surface area contributed by atoms with Gasteiger partial charge in [-0.15, -0.1) is 0 Å². The highest BCUT2D eigenvalue weighted by molar-refractivity contribution is 5.75. The van der Waals surface area contributed by atoms with Crippen LogP contribution in [0.5, 0.6) is 0 Å². The molecular weight excluding hydrogens is 219 g/mol. The van der Waals surface area contributed by atoms with Gasteiger partial charge in [0.2, 0.25) is 5.88 Å². The summed E-state index contributed by atoms with van der Waals surface area (Å²) in [5, 5.41) is 3.94. The predicted octanol–water partition coefficient (Wildman–Crippen LogP) is 3.58. The molecule has 0 saturated heterocycles. The number of nitrogens with zero attached hydrogens (tertiary/aromatic N) is 1. The Morgan fingerprint density at radius 3 is 2.76 bits per heavy atom. The molecule has 0 radical (unpaired) electrons. The maximum atomic E-state index is 13.8. The van der Waals surface area contributed by atoms with E-state index in [1.807, 2.05) is 13.8 Å². The van der Waals surface area contributed by atoms with Crippen LogP contribution in [0, 0.1) is 5.82 Å². The van der Waals surface area contributed by atoms with E-state index in [0.29, 0.717) is 11.1 Å². The summed E-state index contributed by atoms with van der Waals surface area (Å²) in [7, 11) is 0. The highest BCUT2D eigenvalue weighted by atomic mass is 19.1. The monoisotopic (exact) mass is 234 g/mol. The van der Waals surface area contributed by atoms with Gasteiger partial charge in [-0.3, -0.25) is 0 Å². The zero-order valence-electron chi connectivity index (χ0n) is 9.90. The molecule has 0 aliphatic carbocycles. The Bertz CT molecular complexity index is 522. The molecule has 90 valence electrons. The third-order valence-electron chi connectivity index (χ3n) is 2.97. The molecule has 0 fully saturated rings. The molecule has 1 heterocycles. The minimum Gasteiger partial charge on any atom is -0.367 e. The van der Waals surface area contributed by atoms with Crippen LogP contribution < -0.4 is 5.73 Å². The Hall–Kier alpha value is -1.84. The molecule has 17 heavy (non-hydrogen) atoms. The van der Waals surface area contributed by atoms with E-state index in [9.17, 15) is 4.39 Å². The van der Waals surface area contributed by atoms with Crippen molar-refractivity contribution in [1.29, 1.82) is 0 Å². The quantitative estimate of drug-likeness (QED) is 0.883. The van der Waals surface area contributed by atoms with Crippen LogP contribution in [-0.4, -0.2) is 5.16 Å². The second kappa shape index (κ2) is 4.57. The Morgan fingerprint density at radius 1 is 1.41 bits per heavy atom. The van der Waals surface area contributed by atoms with Gasteiger partial charge in [-0.25, -0.2) is 4.39 Å². The van der Waals surface area contributed by atoms with E-state index in [2.05, 4.69) is 5.16 Å². The molecule has 3 nitrogen and oxygen atoms in total. The Labute approximate surface area is 99.4 Å². The molecule has 0 aliphatic rings. The fraction of sp³-hybridized carbons (Fsp3) is 0.308. The first-order chi connectivity index (χ1) is 8.15. The van der Waals surface area contributed by atoms with Crippen LogP contribution in [0.1, 0.15) is 31.9 Å². The van der Waals surface area contributed by atoms with Crippen molar-refractivity contribution in [3.05, 3.63) is 35.8 Å². The molecule has 0 aliphatic heterocycles. The molecular formula is C13H15FN2O. The first-order valence-corrected chi connectivity index (χ1v) is 5.65. The molecule has 1 unspecified atom stereocenters. The van der Waals surface area contributed by atoms with Gasteiger partial charge in [0.05, 0.1) is 11.3 Å². The Balaban J connectivity index is 2.59. The fourth-order valence-electron chi connectivity index (χ4n) is 1.78. The number of hydrogen-bond acceptors (Lipinski definition) is 3. The first-order valence-electron chi connectivity index (χ1n) is 5.65. The van der Waals surface area contributed by atoms with Gasteiger partial charge in [-0.1, -0.05) is 37.2 Å². The smallest absolute Gasteiger partial charge is 0.230 e. The topological polar surface area (TPSA) is 52.0 Å². The van der Waals surface area contributed by atoms with Crippen LogP contribution in [0.4, 0.5) is 10.3 Å². The van der Waals surface area contributed by atoms with E-state index in [1.54, 1.807) is 18.2 Å². The van der Waals surface area contributed by atoms with Crippen LogP contribution in [0.15, 0.2) is 28.8 Å². The number of aromatic nitrogens is 1. The molecule has 4 heteroatoms. The highest BCUT2D eigenvalue weighted by Crippen LogP contribution is 2.36. The second-order valence-electron chi connectivity index (χ2n) is 4.10. The summed E-state index contributed by atoms with van der Waals surface area (Å²) in [6.07, 6.45) is 0.896. The lowest BCUT2D eigenvalue weighted by molar-refractivity contribution is 0.421. The molecule has 0 spiro atoms. The van der Waals surface area contributed by atoms with Crippen LogP contribution in [0.25, 0.3) is 11.1 Å². The van der Waals surface area contributed by atoms with Crippen molar-refractivity contribution in [3.8, 4) is 11.1 Å². The lowest BCUT2D eigenvalue weighted by Crippen LogP contribution is -1.97. The third-order valence-corrected chi connectivity index (χ3v) is 2.97. The molecule has 2 N–H and O–H groups in total. The highest BCUT2D eigenvalue weighted by Gasteiger charge is 2.21. The average molecular weight is 234 g/mol. The average Bonchev–Trinajstić information content (AvgIpc) is 2.71. The van der Waals surface area contributed by atoms with E-state index in [0.717, 1.165) is 12.1 Å². The largest absolute Gasteiger partial charge is 0.367 e. The van der Waals surface area contributed by atoms with Crippen molar-refractivity contribution in [2.45, 2.75) is 26.2 Å². The molecule has 1 atom stereocenters. The van der Waals surface area contributed by atoms with E-state index >= 15 is 0 Å². The summed E-state index contributed by atoms with van der Waals surface area (Å²) in [4.78, 5) is 0.